The van der Waals surface area contributed by atoms with E-state index in [4.69, 9.17) is 9.47 Å². The normalized spacial score (nSPS) is 17.0. The second kappa shape index (κ2) is 8.98. The lowest BCUT2D eigenvalue weighted by atomic mass is 9.97. The SMILES string of the molecule is COCCN1CCC(CNS(=O)(=O)c2cc(C)c(C)cc2OC)CC1. The van der Waals surface area contributed by atoms with Crippen molar-refractivity contribution in [3.05, 3.63) is 23.3 Å². The first-order chi connectivity index (χ1) is 11.9. The van der Waals surface area contributed by atoms with Crippen LogP contribution in [0.1, 0.15) is 24.0 Å². The number of methoxy groups -OCH3 is 2. The molecule has 2 rings (SSSR count). The van der Waals surface area contributed by atoms with E-state index >= 15 is 0 Å². The molecule has 1 aliphatic rings. The van der Waals surface area contributed by atoms with E-state index in [-0.39, 0.29) is 4.90 Å². The maximum atomic E-state index is 12.7. The smallest absolute Gasteiger partial charge is 0.244 e. The summed E-state index contributed by atoms with van der Waals surface area (Å²) in [5.74, 6) is 0.760. The predicted octanol–water partition coefficient (Wildman–Crippen LogP) is 1.95. The molecule has 0 bridgehead atoms. The fourth-order valence-corrected chi connectivity index (χ4v) is 4.42. The molecule has 0 aromatic heterocycles. The number of hydrogen-bond donors (Lipinski definition) is 1. The summed E-state index contributed by atoms with van der Waals surface area (Å²) in [6.07, 6.45) is 1.99. The Morgan fingerprint density at radius 3 is 2.40 bits per heavy atom. The molecule has 0 spiro atoms. The minimum absolute atomic E-state index is 0.218. The molecule has 25 heavy (non-hydrogen) atoms. The largest absolute Gasteiger partial charge is 0.495 e. The van der Waals surface area contributed by atoms with E-state index in [1.54, 1.807) is 19.2 Å². The van der Waals surface area contributed by atoms with Crippen molar-refractivity contribution in [2.24, 2.45) is 5.92 Å². The van der Waals surface area contributed by atoms with Gasteiger partial charge in [-0.25, -0.2) is 13.1 Å². The minimum atomic E-state index is -3.58. The zero-order valence-corrected chi connectivity index (χ0v) is 16.5. The molecule has 0 atom stereocenters. The third-order valence-electron chi connectivity index (χ3n) is 4.95. The van der Waals surface area contributed by atoms with Gasteiger partial charge in [0.1, 0.15) is 10.6 Å². The third kappa shape index (κ3) is 5.41. The molecule has 7 heteroatoms. The summed E-state index contributed by atoms with van der Waals surface area (Å²) in [4.78, 5) is 2.58. The predicted molar refractivity (Wildman–Crippen MR) is 98.7 cm³/mol. The number of rotatable bonds is 8. The zero-order chi connectivity index (χ0) is 18.4. The van der Waals surface area contributed by atoms with Crippen LogP contribution in [0.15, 0.2) is 17.0 Å². The second-order valence-electron chi connectivity index (χ2n) is 6.72. The molecule has 1 aliphatic heterocycles. The third-order valence-corrected chi connectivity index (χ3v) is 6.40. The maximum absolute atomic E-state index is 12.7. The van der Waals surface area contributed by atoms with Crippen LogP contribution in [0.4, 0.5) is 0 Å². The molecule has 1 fully saturated rings. The fourth-order valence-electron chi connectivity index (χ4n) is 3.07. The van der Waals surface area contributed by atoms with Gasteiger partial charge in [0.05, 0.1) is 13.7 Å². The number of sulfonamides is 1. The molecule has 0 unspecified atom stereocenters. The van der Waals surface area contributed by atoms with Gasteiger partial charge in [0.25, 0.3) is 0 Å². The lowest BCUT2D eigenvalue weighted by Gasteiger charge is -2.31. The molecule has 0 aliphatic carbocycles. The molecule has 0 amide bonds. The van der Waals surface area contributed by atoms with Gasteiger partial charge >= 0.3 is 0 Å². The van der Waals surface area contributed by atoms with E-state index in [1.807, 2.05) is 13.8 Å². The summed E-state index contributed by atoms with van der Waals surface area (Å²) < 4.78 is 38.6. The number of likely N-dealkylation sites (tertiary alicyclic amines) is 1. The van der Waals surface area contributed by atoms with Gasteiger partial charge < -0.3 is 14.4 Å². The first-order valence-corrected chi connectivity index (χ1v) is 10.2. The van der Waals surface area contributed by atoms with Gasteiger partial charge in [0.15, 0.2) is 0 Å². The van der Waals surface area contributed by atoms with Crippen molar-refractivity contribution in [2.75, 3.05) is 47.0 Å². The molecule has 1 aromatic rings. The molecular formula is C18H30N2O4S. The van der Waals surface area contributed by atoms with Gasteiger partial charge in [-0.1, -0.05) is 0 Å². The number of ether oxygens (including phenoxy) is 2. The minimum Gasteiger partial charge on any atom is -0.495 e. The van der Waals surface area contributed by atoms with E-state index in [1.165, 1.54) is 7.11 Å². The molecule has 0 radical (unpaired) electrons. The number of piperidine rings is 1. The lowest BCUT2D eigenvalue weighted by Crippen LogP contribution is -2.39. The van der Waals surface area contributed by atoms with Crippen LogP contribution in [0.5, 0.6) is 5.75 Å². The maximum Gasteiger partial charge on any atom is 0.244 e. The van der Waals surface area contributed by atoms with Crippen LogP contribution < -0.4 is 9.46 Å². The van der Waals surface area contributed by atoms with Crippen LogP contribution in [-0.4, -0.2) is 60.3 Å². The fraction of sp³-hybridized carbons (Fsp3) is 0.667. The lowest BCUT2D eigenvalue weighted by molar-refractivity contribution is 0.121. The monoisotopic (exact) mass is 370 g/mol. The Bertz CT molecular complexity index is 668. The van der Waals surface area contributed by atoms with E-state index in [0.29, 0.717) is 18.2 Å². The summed E-state index contributed by atoms with van der Waals surface area (Å²) in [6.45, 7) is 7.98. The summed E-state index contributed by atoms with van der Waals surface area (Å²) in [6, 6.07) is 3.46. The van der Waals surface area contributed by atoms with Gasteiger partial charge in [-0.3, -0.25) is 0 Å². The average Bonchev–Trinajstić information content (AvgIpc) is 2.61. The molecule has 6 nitrogen and oxygen atoms in total. The molecule has 1 N–H and O–H groups in total. The van der Waals surface area contributed by atoms with Crippen LogP contribution in [-0.2, 0) is 14.8 Å². The highest BCUT2D eigenvalue weighted by atomic mass is 32.2. The van der Waals surface area contributed by atoms with E-state index in [2.05, 4.69) is 9.62 Å². The number of hydrogen-bond acceptors (Lipinski definition) is 5. The first-order valence-electron chi connectivity index (χ1n) is 8.73. The van der Waals surface area contributed by atoms with Gasteiger partial charge in [0, 0.05) is 20.2 Å². The van der Waals surface area contributed by atoms with Crippen LogP contribution in [0, 0.1) is 19.8 Å². The summed E-state index contributed by atoms with van der Waals surface area (Å²) in [5, 5.41) is 0. The Labute approximate surface area is 151 Å². The van der Waals surface area contributed by atoms with Crippen molar-refractivity contribution < 1.29 is 17.9 Å². The molecule has 1 heterocycles. The van der Waals surface area contributed by atoms with Crippen LogP contribution >= 0.6 is 0 Å². The van der Waals surface area contributed by atoms with Crippen molar-refractivity contribution in [1.29, 1.82) is 0 Å². The zero-order valence-electron chi connectivity index (χ0n) is 15.7. The standard InChI is InChI=1S/C18H30N2O4S/c1-14-11-17(24-4)18(12-15(14)2)25(21,22)19-13-16-5-7-20(8-6-16)9-10-23-3/h11-12,16,19H,5-10,13H2,1-4H3. The Morgan fingerprint density at radius 2 is 1.80 bits per heavy atom. The average molecular weight is 371 g/mol. The Kier molecular flexibility index (Phi) is 7.25. The van der Waals surface area contributed by atoms with Crippen molar-refractivity contribution in [2.45, 2.75) is 31.6 Å². The summed E-state index contributed by atoms with van der Waals surface area (Å²) >= 11 is 0. The van der Waals surface area contributed by atoms with Crippen molar-refractivity contribution in [3.63, 3.8) is 0 Å². The van der Waals surface area contributed by atoms with Gasteiger partial charge in [-0.15, -0.1) is 0 Å². The Morgan fingerprint density at radius 1 is 1.16 bits per heavy atom. The molecule has 1 saturated heterocycles. The quantitative estimate of drug-likeness (QED) is 0.758. The highest BCUT2D eigenvalue weighted by Crippen LogP contribution is 2.27. The van der Waals surface area contributed by atoms with Crippen molar-refractivity contribution in [3.8, 4) is 5.75 Å². The first kappa shape index (κ1) is 20.2. The van der Waals surface area contributed by atoms with Crippen LogP contribution in [0.25, 0.3) is 0 Å². The molecule has 142 valence electrons. The molecule has 1 aromatic carbocycles. The van der Waals surface area contributed by atoms with Gasteiger partial charge in [-0.2, -0.15) is 0 Å². The summed E-state index contributed by atoms with van der Waals surface area (Å²) in [7, 11) is -0.368. The number of aryl methyl sites for hydroxylation is 2. The Hall–Kier alpha value is -1.15. The second-order valence-corrected chi connectivity index (χ2v) is 8.45. The highest BCUT2D eigenvalue weighted by molar-refractivity contribution is 7.89. The van der Waals surface area contributed by atoms with Crippen molar-refractivity contribution in [1.82, 2.24) is 9.62 Å². The topological polar surface area (TPSA) is 67.9 Å². The van der Waals surface area contributed by atoms with Crippen LogP contribution in [0.2, 0.25) is 0 Å². The van der Waals surface area contributed by atoms with E-state index < -0.39 is 10.0 Å². The van der Waals surface area contributed by atoms with E-state index in [9.17, 15) is 8.42 Å². The van der Waals surface area contributed by atoms with Crippen LogP contribution in [0.3, 0.4) is 0 Å². The Balaban J connectivity index is 1.96. The number of nitrogens with one attached hydrogen (secondary N) is 1. The van der Waals surface area contributed by atoms with Gasteiger partial charge in [0.2, 0.25) is 10.0 Å². The number of nitrogens with zero attached hydrogens (tertiary/aromatic N) is 1. The molecule has 0 saturated carbocycles. The summed E-state index contributed by atoms with van der Waals surface area (Å²) in [5.41, 5.74) is 1.95. The van der Waals surface area contributed by atoms with Crippen molar-refractivity contribution >= 4 is 10.0 Å². The van der Waals surface area contributed by atoms with E-state index in [0.717, 1.165) is 50.2 Å². The number of benzene rings is 1. The van der Waals surface area contributed by atoms with Gasteiger partial charge in [-0.05, 0) is 69.0 Å². The molecular weight excluding hydrogens is 340 g/mol. The highest BCUT2D eigenvalue weighted by Gasteiger charge is 2.24.